The van der Waals surface area contributed by atoms with E-state index < -0.39 is 34.0 Å². The Morgan fingerprint density at radius 2 is 1.91 bits per heavy atom. The monoisotopic (exact) mass is 505 g/mol. The van der Waals surface area contributed by atoms with Gasteiger partial charge in [-0.2, -0.15) is 9.40 Å². The van der Waals surface area contributed by atoms with Gasteiger partial charge in [-0.05, 0) is 63.2 Å². The molecule has 2 aromatic carbocycles. The predicted molar refractivity (Wildman–Crippen MR) is 126 cm³/mol. The summed E-state index contributed by atoms with van der Waals surface area (Å²) in [7, 11) is -3.91. The number of halogens is 1. The number of ether oxygens (including phenoxy) is 2. The third-order valence-corrected chi connectivity index (χ3v) is 7.58. The molecule has 4 rings (SSSR count). The van der Waals surface area contributed by atoms with Crippen LogP contribution in [-0.4, -0.2) is 65.5 Å². The molecule has 0 radical (unpaired) electrons. The van der Waals surface area contributed by atoms with Gasteiger partial charge in [-0.3, -0.25) is 9.48 Å². The lowest BCUT2D eigenvalue weighted by atomic mass is 10.1. The summed E-state index contributed by atoms with van der Waals surface area (Å²) in [5, 5.41) is 15.8. The van der Waals surface area contributed by atoms with Crippen LogP contribution in [0.2, 0.25) is 0 Å². The molecular formula is C24H28FN3O6S. The molecule has 1 aliphatic rings. The van der Waals surface area contributed by atoms with Crippen molar-refractivity contribution < 1.29 is 32.2 Å². The fourth-order valence-corrected chi connectivity index (χ4v) is 5.67. The summed E-state index contributed by atoms with van der Waals surface area (Å²) in [6, 6.07) is 9.36. The Kier molecular flexibility index (Phi) is 7.11. The lowest BCUT2D eigenvalue weighted by Crippen LogP contribution is -2.29. The van der Waals surface area contributed by atoms with Crippen LogP contribution in [0.3, 0.4) is 0 Å². The maximum atomic E-state index is 14.1. The molecule has 188 valence electrons. The Morgan fingerprint density at radius 3 is 2.57 bits per heavy atom. The minimum Gasteiger partial charge on any atom is -0.491 e. The number of esters is 1. The van der Waals surface area contributed by atoms with Gasteiger partial charge in [0.2, 0.25) is 10.0 Å². The van der Waals surface area contributed by atoms with E-state index in [0.29, 0.717) is 22.3 Å². The van der Waals surface area contributed by atoms with E-state index in [1.54, 1.807) is 19.1 Å². The summed E-state index contributed by atoms with van der Waals surface area (Å²) in [6.45, 7) is 5.43. The number of carbonyl (C=O) groups is 1. The van der Waals surface area contributed by atoms with Crippen LogP contribution in [-0.2, 0) is 26.0 Å². The standard InChI is InChI=1S/C24H28FN3O6S/c1-4-33-24(30)12-20-19-10-5-16(25)11-21(19)28(26-20)22-13-27(14-23(22)29)35(31,32)18-8-6-17(7-9-18)34-15(2)3/h5-11,15,22-23,29H,4,12-14H2,1-3H3/t22-,23-/m0/s1. The lowest BCUT2D eigenvalue weighted by molar-refractivity contribution is -0.142. The molecule has 2 heterocycles. The number of fused-ring (bicyclic) bond motifs is 1. The number of benzene rings is 2. The van der Waals surface area contributed by atoms with E-state index in [4.69, 9.17) is 9.47 Å². The summed E-state index contributed by atoms with van der Waals surface area (Å²) >= 11 is 0. The summed E-state index contributed by atoms with van der Waals surface area (Å²) in [4.78, 5) is 12.1. The molecule has 3 aromatic rings. The number of carbonyl (C=O) groups excluding carboxylic acids is 1. The molecule has 1 aliphatic heterocycles. The van der Waals surface area contributed by atoms with E-state index in [2.05, 4.69) is 5.10 Å². The number of sulfonamides is 1. The first-order valence-electron chi connectivity index (χ1n) is 11.4. The van der Waals surface area contributed by atoms with Gasteiger partial charge in [0.1, 0.15) is 11.6 Å². The minimum absolute atomic E-state index is 0.0469. The average Bonchev–Trinajstić information content (AvgIpc) is 3.34. The molecule has 0 saturated carbocycles. The second-order valence-electron chi connectivity index (χ2n) is 8.63. The summed E-state index contributed by atoms with van der Waals surface area (Å²) in [6.07, 6.45) is -1.26. The number of nitrogens with zero attached hydrogens (tertiary/aromatic N) is 3. The van der Waals surface area contributed by atoms with Crippen LogP contribution in [0.25, 0.3) is 10.9 Å². The molecule has 0 bridgehead atoms. The van der Waals surface area contributed by atoms with Crippen LogP contribution in [0, 0.1) is 5.82 Å². The third kappa shape index (κ3) is 5.16. The molecular weight excluding hydrogens is 477 g/mol. The van der Waals surface area contributed by atoms with Crippen molar-refractivity contribution in [2.24, 2.45) is 0 Å². The van der Waals surface area contributed by atoms with E-state index in [-0.39, 0.29) is 37.1 Å². The predicted octanol–water partition coefficient (Wildman–Crippen LogP) is 2.67. The van der Waals surface area contributed by atoms with Crippen LogP contribution in [0.5, 0.6) is 5.75 Å². The number of hydrogen-bond donors (Lipinski definition) is 1. The van der Waals surface area contributed by atoms with Crippen molar-refractivity contribution in [3.63, 3.8) is 0 Å². The van der Waals surface area contributed by atoms with Gasteiger partial charge >= 0.3 is 5.97 Å². The number of aromatic nitrogens is 2. The molecule has 0 amide bonds. The molecule has 2 atom stereocenters. The smallest absolute Gasteiger partial charge is 0.311 e. The number of hydrogen-bond acceptors (Lipinski definition) is 7. The van der Waals surface area contributed by atoms with Crippen molar-refractivity contribution in [2.75, 3.05) is 19.7 Å². The molecule has 11 heteroatoms. The summed E-state index contributed by atoms with van der Waals surface area (Å²) in [5.41, 5.74) is 0.732. The molecule has 1 saturated heterocycles. The van der Waals surface area contributed by atoms with E-state index in [1.807, 2.05) is 13.8 Å². The van der Waals surface area contributed by atoms with E-state index in [1.165, 1.54) is 39.3 Å². The first-order chi connectivity index (χ1) is 16.6. The van der Waals surface area contributed by atoms with E-state index in [0.717, 1.165) is 0 Å². The molecule has 9 nitrogen and oxygen atoms in total. The highest BCUT2D eigenvalue weighted by Crippen LogP contribution is 2.32. The molecule has 0 spiro atoms. The number of aliphatic hydroxyl groups excluding tert-OH is 1. The van der Waals surface area contributed by atoms with Gasteiger partial charge in [0.05, 0.1) is 47.4 Å². The molecule has 35 heavy (non-hydrogen) atoms. The van der Waals surface area contributed by atoms with Crippen molar-refractivity contribution in [3.05, 3.63) is 54.0 Å². The Hall–Kier alpha value is -3.02. The van der Waals surface area contributed by atoms with Crippen molar-refractivity contribution in [3.8, 4) is 5.75 Å². The van der Waals surface area contributed by atoms with E-state index >= 15 is 0 Å². The van der Waals surface area contributed by atoms with E-state index in [9.17, 15) is 22.7 Å². The first kappa shape index (κ1) is 25.1. The fraction of sp³-hybridized carbons (Fsp3) is 0.417. The second-order valence-corrected chi connectivity index (χ2v) is 10.6. The number of β-amino-alcohol motifs (C(OH)–C–C–N with tert-alkyl or cyclic N) is 1. The topological polar surface area (TPSA) is 111 Å². The van der Waals surface area contributed by atoms with Crippen molar-refractivity contribution in [2.45, 2.75) is 50.3 Å². The van der Waals surface area contributed by atoms with Crippen molar-refractivity contribution in [1.82, 2.24) is 14.1 Å². The van der Waals surface area contributed by atoms with Gasteiger partial charge < -0.3 is 14.6 Å². The largest absolute Gasteiger partial charge is 0.491 e. The van der Waals surface area contributed by atoms with Gasteiger partial charge in [-0.15, -0.1) is 0 Å². The van der Waals surface area contributed by atoms with Crippen molar-refractivity contribution in [1.29, 1.82) is 0 Å². The number of rotatable bonds is 8. The minimum atomic E-state index is -3.91. The van der Waals surface area contributed by atoms with Crippen LogP contribution in [0.1, 0.15) is 32.5 Å². The zero-order valence-electron chi connectivity index (χ0n) is 19.7. The first-order valence-corrected chi connectivity index (χ1v) is 12.8. The maximum Gasteiger partial charge on any atom is 0.311 e. The highest BCUT2D eigenvalue weighted by Gasteiger charge is 2.41. The Morgan fingerprint density at radius 1 is 1.20 bits per heavy atom. The Bertz CT molecular complexity index is 1320. The van der Waals surface area contributed by atoms with Crippen LogP contribution in [0.4, 0.5) is 4.39 Å². The average molecular weight is 506 g/mol. The molecule has 1 aromatic heterocycles. The maximum absolute atomic E-state index is 14.1. The van der Waals surface area contributed by atoms with Crippen LogP contribution >= 0.6 is 0 Å². The fourth-order valence-electron chi connectivity index (χ4n) is 4.19. The highest BCUT2D eigenvalue weighted by atomic mass is 32.2. The van der Waals surface area contributed by atoms with Crippen molar-refractivity contribution >= 4 is 26.9 Å². The van der Waals surface area contributed by atoms with Crippen LogP contribution < -0.4 is 4.74 Å². The zero-order valence-corrected chi connectivity index (χ0v) is 20.5. The zero-order chi connectivity index (χ0) is 25.3. The normalized spacial score (nSPS) is 18.9. The van der Waals surface area contributed by atoms with Gasteiger partial charge in [0.25, 0.3) is 0 Å². The van der Waals surface area contributed by atoms with Gasteiger partial charge in [-0.1, -0.05) is 0 Å². The quantitative estimate of drug-likeness (QED) is 0.469. The SMILES string of the molecule is CCOC(=O)Cc1nn([C@H]2CN(S(=O)(=O)c3ccc(OC(C)C)cc3)C[C@@H]2O)c2cc(F)ccc12. The molecule has 1 fully saturated rings. The molecule has 0 aliphatic carbocycles. The van der Waals surface area contributed by atoms with Gasteiger partial charge in [0, 0.05) is 18.5 Å². The summed E-state index contributed by atoms with van der Waals surface area (Å²) < 4.78 is 53.8. The summed E-state index contributed by atoms with van der Waals surface area (Å²) in [5.74, 6) is -0.441. The number of aliphatic hydroxyl groups is 1. The molecule has 0 unspecified atom stereocenters. The lowest BCUT2D eigenvalue weighted by Gasteiger charge is -2.17. The van der Waals surface area contributed by atoms with Crippen LogP contribution in [0.15, 0.2) is 47.4 Å². The Labute approximate surface area is 203 Å². The second kappa shape index (κ2) is 9.92. The molecule has 1 N–H and O–H groups in total. The highest BCUT2D eigenvalue weighted by molar-refractivity contribution is 7.89. The Balaban J connectivity index is 1.63. The van der Waals surface area contributed by atoms with Gasteiger partial charge in [0.15, 0.2) is 0 Å². The van der Waals surface area contributed by atoms with Gasteiger partial charge in [-0.25, -0.2) is 12.8 Å². The third-order valence-electron chi connectivity index (χ3n) is 5.74.